The molecule has 0 saturated heterocycles. The summed E-state index contributed by atoms with van der Waals surface area (Å²) in [5.74, 6) is 0. The van der Waals surface area contributed by atoms with E-state index in [2.05, 4.69) is 10.6 Å². The molecule has 0 bridgehead atoms. The van der Waals surface area contributed by atoms with Crippen LogP contribution in [0.25, 0.3) is 0 Å². The Balaban J connectivity index is 1.94. The fourth-order valence-corrected chi connectivity index (χ4v) is 1.72. The van der Waals surface area contributed by atoms with E-state index in [1.165, 1.54) is 6.42 Å². The Labute approximate surface area is 95.2 Å². The van der Waals surface area contributed by atoms with Crippen LogP contribution in [0.1, 0.15) is 24.8 Å². The number of carbonyl (C=O) groups is 1. The van der Waals surface area contributed by atoms with Crippen molar-refractivity contribution in [3.8, 4) is 0 Å². The van der Waals surface area contributed by atoms with Gasteiger partial charge in [0.1, 0.15) is 0 Å². The third-order valence-electron chi connectivity index (χ3n) is 2.94. The first kappa shape index (κ1) is 10.8. The van der Waals surface area contributed by atoms with E-state index in [0.29, 0.717) is 11.7 Å². The lowest BCUT2D eigenvalue weighted by Crippen LogP contribution is -2.41. The highest BCUT2D eigenvalue weighted by Gasteiger charge is 2.19. The zero-order chi connectivity index (χ0) is 11.5. The quantitative estimate of drug-likeness (QED) is 0.668. The third-order valence-corrected chi connectivity index (χ3v) is 2.94. The molecule has 0 unspecified atom stereocenters. The molecule has 0 radical (unpaired) electrons. The zero-order valence-corrected chi connectivity index (χ0v) is 9.42. The smallest absolute Gasteiger partial charge is 0.319 e. The van der Waals surface area contributed by atoms with Crippen LogP contribution in [0.2, 0.25) is 0 Å². The molecule has 86 valence electrons. The lowest BCUT2D eigenvalue weighted by atomic mass is 9.93. The Morgan fingerprint density at radius 1 is 1.44 bits per heavy atom. The summed E-state index contributed by atoms with van der Waals surface area (Å²) in [6, 6.07) is 5.68. The minimum atomic E-state index is -0.127. The van der Waals surface area contributed by atoms with Crippen molar-refractivity contribution in [3.63, 3.8) is 0 Å². The van der Waals surface area contributed by atoms with Crippen LogP contribution >= 0.6 is 0 Å². The maximum absolute atomic E-state index is 11.6. The summed E-state index contributed by atoms with van der Waals surface area (Å²) in [5, 5.41) is 5.76. The van der Waals surface area contributed by atoms with E-state index in [9.17, 15) is 4.79 Å². The van der Waals surface area contributed by atoms with Gasteiger partial charge in [0.05, 0.1) is 0 Å². The normalized spacial score (nSPS) is 15.3. The number of urea groups is 1. The standard InChI is InChI=1S/C12H17N3O/c1-8-7-9(13)5-6-11(8)15-12(16)14-10-3-2-4-10/h5-7,10H,2-4,13H2,1H3,(H2,14,15,16). The van der Waals surface area contributed by atoms with Gasteiger partial charge in [-0.1, -0.05) is 0 Å². The molecule has 16 heavy (non-hydrogen) atoms. The first-order valence-electron chi connectivity index (χ1n) is 5.59. The fourth-order valence-electron chi connectivity index (χ4n) is 1.72. The van der Waals surface area contributed by atoms with Gasteiger partial charge in [0, 0.05) is 17.4 Å². The summed E-state index contributed by atoms with van der Waals surface area (Å²) in [6.07, 6.45) is 3.40. The Morgan fingerprint density at radius 3 is 2.75 bits per heavy atom. The van der Waals surface area contributed by atoms with Gasteiger partial charge in [-0.25, -0.2) is 4.79 Å². The van der Waals surface area contributed by atoms with Crippen molar-refractivity contribution < 1.29 is 4.79 Å². The first-order chi connectivity index (χ1) is 7.65. The molecule has 1 aromatic carbocycles. The number of nitrogens with two attached hydrogens (primary N) is 1. The minimum Gasteiger partial charge on any atom is -0.399 e. The molecule has 0 atom stereocenters. The van der Waals surface area contributed by atoms with Gasteiger partial charge in [-0.05, 0) is 49.9 Å². The predicted octanol–water partition coefficient (Wildman–Crippen LogP) is 2.25. The molecule has 4 N–H and O–H groups in total. The van der Waals surface area contributed by atoms with E-state index in [1.54, 1.807) is 6.07 Å². The van der Waals surface area contributed by atoms with Crippen molar-refractivity contribution in [2.45, 2.75) is 32.2 Å². The lowest BCUT2D eigenvalue weighted by molar-refractivity contribution is 0.240. The highest BCUT2D eigenvalue weighted by Crippen LogP contribution is 2.20. The lowest BCUT2D eigenvalue weighted by Gasteiger charge is -2.26. The molecule has 0 heterocycles. The topological polar surface area (TPSA) is 67.1 Å². The predicted molar refractivity (Wildman–Crippen MR) is 65.4 cm³/mol. The second-order valence-electron chi connectivity index (χ2n) is 4.30. The molecule has 1 fully saturated rings. The van der Waals surface area contributed by atoms with E-state index in [-0.39, 0.29) is 6.03 Å². The highest BCUT2D eigenvalue weighted by molar-refractivity contribution is 5.90. The molecular weight excluding hydrogens is 202 g/mol. The van der Waals surface area contributed by atoms with Gasteiger partial charge in [0.2, 0.25) is 0 Å². The number of carbonyl (C=O) groups excluding carboxylic acids is 1. The molecule has 0 spiro atoms. The summed E-state index contributed by atoms with van der Waals surface area (Å²) in [5.41, 5.74) is 8.14. The van der Waals surface area contributed by atoms with Crippen LogP contribution in [0.4, 0.5) is 16.2 Å². The number of amides is 2. The van der Waals surface area contributed by atoms with Gasteiger partial charge in [0.15, 0.2) is 0 Å². The number of anilines is 2. The molecular formula is C12H17N3O. The Morgan fingerprint density at radius 2 is 2.19 bits per heavy atom. The summed E-state index contributed by atoms with van der Waals surface area (Å²) >= 11 is 0. The van der Waals surface area contributed by atoms with E-state index in [0.717, 1.165) is 24.1 Å². The van der Waals surface area contributed by atoms with Crippen LogP contribution in [-0.4, -0.2) is 12.1 Å². The molecule has 1 aliphatic rings. The second kappa shape index (κ2) is 4.43. The van der Waals surface area contributed by atoms with Crippen LogP contribution in [0.3, 0.4) is 0 Å². The van der Waals surface area contributed by atoms with Gasteiger partial charge < -0.3 is 16.4 Å². The van der Waals surface area contributed by atoms with Crippen LogP contribution in [-0.2, 0) is 0 Å². The summed E-state index contributed by atoms with van der Waals surface area (Å²) in [7, 11) is 0. The van der Waals surface area contributed by atoms with Crippen molar-refractivity contribution in [1.29, 1.82) is 0 Å². The van der Waals surface area contributed by atoms with Gasteiger partial charge >= 0.3 is 6.03 Å². The number of hydrogen-bond donors (Lipinski definition) is 3. The Hall–Kier alpha value is -1.71. The largest absolute Gasteiger partial charge is 0.399 e. The molecule has 1 aromatic rings. The van der Waals surface area contributed by atoms with Gasteiger partial charge in [-0.15, -0.1) is 0 Å². The minimum absolute atomic E-state index is 0.127. The number of aryl methyl sites for hydroxylation is 1. The molecule has 0 aliphatic heterocycles. The van der Waals surface area contributed by atoms with Crippen molar-refractivity contribution in [3.05, 3.63) is 23.8 Å². The fraction of sp³-hybridized carbons (Fsp3) is 0.417. The Kier molecular flexibility index (Phi) is 2.99. The van der Waals surface area contributed by atoms with Crippen LogP contribution in [0.5, 0.6) is 0 Å². The van der Waals surface area contributed by atoms with Crippen molar-refractivity contribution in [2.24, 2.45) is 0 Å². The first-order valence-corrected chi connectivity index (χ1v) is 5.59. The molecule has 1 aliphatic carbocycles. The third kappa shape index (κ3) is 2.45. The average molecular weight is 219 g/mol. The molecule has 1 saturated carbocycles. The molecule has 0 aromatic heterocycles. The van der Waals surface area contributed by atoms with E-state index >= 15 is 0 Å². The van der Waals surface area contributed by atoms with E-state index in [1.807, 2.05) is 19.1 Å². The molecule has 4 heteroatoms. The summed E-state index contributed by atoms with van der Waals surface area (Å²) < 4.78 is 0. The van der Waals surface area contributed by atoms with E-state index < -0.39 is 0 Å². The number of nitrogen functional groups attached to an aromatic ring is 1. The number of nitrogens with one attached hydrogen (secondary N) is 2. The van der Waals surface area contributed by atoms with E-state index in [4.69, 9.17) is 5.73 Å². The maximum Gasteiger partial charge on any atom is 0.319 e. The Bertz CT molecular complexity index is 399. The molecule has 2 amide bonds. The average Bonchev–Trinajstić information content (AvgIpc) is 2.16. The van der Waals surface area contributed by atoms with Crippen LogP contribution in [0, 0.1) is 6.92 Å². The number of rotatable bonds is 2. The monoisotopic (exact) mass is 219 g/mol. The van der Waals surface area contributed by atoms with Crippen molar-refractivity contribution in [2.75, 3.05) is 11.1 Å². The van der Waals surface area contributed by atoms with Gasteiger partial charge in [-0.2, -0.15) is 0 Å². The van der Waals surface area contributed by atoms with Crippen LogP contribution < -0.4 is 16.4 Å². The maximum atomic E-state index is 11.6. The van der Waals surface area contributed by atoms with Crippen molar-refractivity contribution in [1.82, 2.24) is 5.32 Å². The number of hydrogen-bond acceptors (Lipinski definition) is 2. The zero-order valence-electron chi connectivity index (χ0n) is 9.42. The van der Waals surface area contributed by atoms with Gasteiger partial charge in [0.25, 0.3) is 0 Å². The van der Waals surface area contributed by atoms with Gasteiger partial charge in [-0.3, -0.25) is 0 Å². The summed E-state index contributed by atoms with van der Waals surface area (Å²) in [6.45, 7) is 1.93. The summed E-state index contributed by atoms with van der Waals surface area (Å²) in [4.78, 5) is 11.6. The van der Waals surface area contributed by atoms with Crippen LogP contribution in [0.15, 0.2) is 18.2 Å². The van der Waals surface area contributed by atoms with Crippen molar-refractivity contribution >= 4 is 17.4 Å². The SMILES string of the molecule is Cc1cc(N)ccc1NC(=O)NC1CCC1. The highest BCUT2D eigenvalue weighted by atomic mass is 16.2. The molecule has 2 rings (SSSR count). The number of benzene rings is 1. The second-order valence-corrected chi connectivity index (χ2v) is 4.30. The molecule has 4 nitrogen and oxygen atoms in total.